The Morgan fingerprint density at radius 2 is 1.88 bits per heavy atom. The van der Waals surface area contributed by atoms with Crippen LogP contribution >= 0.6 is 0 Å². The molecule has 0 spiro atoms. The SMILES string of the molecule is CC1(C)CN(c2ccc(C(F)(F)F)cn2)CCN1S(=O)(=O)c1cccc2c1CC(C(=O)O)C2. The Bertz CT molecular complexity index is 1180. The van der Waals surface area contributed by atoms with Gasteiger partial charge >= 0.3 is 12.1 Å². The van der Waals surface area contributed by atoms with E-state index in [1.807, 2.05) is 0 Å². The lowest BCUT2D eigenvalue weighted by atomic mass is 10.0. The van der Waals surface area contributed by atoms with Crippen LogP contribution in [0.4, 0.5) is 19.0 Å². The molecule has 1 atom stereocenters. The van der Waals surface area contributed by atoms with E-state index in [1.54, 1.807) is 30.9 Å². The van der Waals surface area contributed by atoms with Gasteiger partial charge in [0.25, 0.3) is 0 Å². The monoisotopic (exact) mass is 483 g/mol. The molecule has 0 amide bonds. The quantitative estimate of drug-likeness (QED) is 0.719. The molecule has 4 rings (SSSR count). The van der Waals surface area contributed by atoms with Crippen molar-refractivity contribution in [3.05, 3.63) is 53.2 Å². The molecule has 33 heavy (non-hydrogen) atoms. The van der Waals surface area contributed by atoms with E-state index in [4.69, 9.17) is 0 Å². The number of hydrogen-bond acceptors (Lipinski definition) is 5. The van der Waals surface area contributed by atoms with E-state index in [0.29, 0.717) is 17.8 Å². The standard InChI is InChI=1S/C22H24F3N3O4S/c1-21(2)13-27(19-7-6-16(12-26-19)22(23,24)25)8-9-28(21)33(31,32)18-5-3-4-14-10-15(20(29)30)11-17(14)18/h3-7,12,15H,8-11,13H2,1-2H3,(H,29,30). The summed E-state index contributed by atoms with van der Waals surface area (Å²) in [5, 5.41) is 9.38. The summed E-state index contributed by atoms with van der Waals surface area (Å²) in [6.45, 7) is 4.11. The van der Waals surface area contributed by atoms with Crippen molar-refractivity contribution in [2.75, 3.05) is 24.5 Å². The van der Waals surface area contributed by atoms with Gasteiger partial charge < -0.3 is 10.0 Å². The molecular weight excluding hydrogens is 459 g/mol. The molecule has 0 saturated carbocycles. The molecule has 11 heteroatoms. The second kappa shape index (κ2) is 7.98. The molecule has 178 valence electrons. The van der Waals surface area contributed by atoms with Crippen LogP contribution in [0.15, 0.2) is 41.4 Å². The Labute approximate surface area is 189 Å². The fourth-order valence-electron chi connectivity index (χ4n) is 4.67. The largest absolute Gasteiger partial charge is 0.481 e. The van der Waals surface area contributed by atoms with Crippen LogP contribution in [0.3, 0.4) is 0 Å². The topological polar surface area (TPSA) is 90.8 Å². The van der Waals surface area contributed by atoms with Gasteiger partial charge in [0.2, 0.25) is 10.0 Å². The predicted octanol–water partition coefficient (Wildman–Crippen LogP) is 3.19. The van der Waals surface area contributed by atoms with Gasteiger partial charge in [0, 0.05) is 31.4 Å². The Morgan fingerprint density at radius 3 is 2.45 bits per heavy atom. The molecule has 1 aliphatic carbocycles. The van der Waals surface area contributed by atoms with E-state index >= 15 is 0 Å². The zero-order chi connectivity index (χ0) is 24.2. The molecule has 1 unspecified atom stereocenters. The zero-order valence-electron chi connectivity index (χ0n) is 18.1. The van der Waals surface area contributed by atoms with Gasteiger partial charge in [-0.3, -0.25) is 4.79 Å². The number of anilines is 1. The van der Waals surface area contributed by atoms with Gasteiger partial charge in [0.1, 0.15) is 5.82 Å². The normalized spacial score (nSPS) is 21.1. The Kier molecular flexibility index (Phi) is 5.68. The van der Waals surface area contributed by atoms with Crippen molar-refractivity contribution < 1.29 is 31.5 Å². The number of hydrogen-bond donors (Lipinski definition) is 1. The van der Waals surface area contributed by atoms with Crippen LogP contribution in [-0.4, -0.2) is 54.0 Å². The Balaban J connectivity index is 1.59. The summed E-state index contributed by atoms with van der Waals surface area (Å²) >= 11 is 0. The fourth-order valence-corrected chi connectivity index (χ4v) is 6.72. The number of pyridine rings is 1. The fraction of sp³-hybridized carbons (Fsp3) is 0.455. The Hall–Kier alpha value is -2.66. The summed E-state index contributed by atoms with van der Waals surface area (Å²) in [5.41, 5.74) is -0.444. The lowest BCUT2D eigenvalue weighted by Gasteiger charge is -2.46. The first kappa shape index (κ1) is 23.5. The number of aliphatic carboxylic acids is 1. The molecule has 2 aliphatic rings. The van der Waals surface area contributed by atoms with Crippen LogP contribution in [0.1, 0.15) is 30.5 Å². The minimum absolute atomic E-state index is 0.115. The molecular formula is C22H24F3N3O4S. The van der Waals surface area contributed by atoms with Crippen LogP contribution in [0.2, 0.25) is 0 Å². The first-order valence-electron chi connectivity index (χ1n) is 10.5. The molecule has 1 saturated heterocycles. The first-order valence-corrected chi connectivity index (χ1v) is 11.9. The number of fused-ring (bicyclic) bond motifs is 1. The van der Waals surface area contributed by atoms with Crippen molar-refractivity contribution in [2.24, 2.45) is 5.92 Å². The second-order valence-corrected chi connectivity index (χ2v) is 10.9. The Morgan fingerprint density at radius 1 is 1.15 bits per heavy atom. The van der Waals surface area contributed by atoms with E-state index in [0.717, 1.165) is 17.8 Å². The van der Waals surface area contributed by atoms with Crippen molar-refractivity contribution in [1.29, 1.82) is 0 Å². The smallest absolute Gasteiger partial charge is 0.417 e. The molecule has 1 aliphatic heterocycles. The first-order chi connectivity index (χ1) is 15.3. The molecule has 2 heterocycles. The summed E-state index contributed by atoms with van der Waals surface area (Å²) in [6, 6.07) is 7.16. The van der Waals surface area contributed by atoms with Crippen LogP contribution in [0.5, 0.6) is 0 Å². The number of carboxylic acid groups (broad SMARTS) is 1. The van der Waals surface area contributed by atoms with Gasteiger partial charge in [-0.05, 0) is 56.0 Å². The lowest BCUT2D eigenvalue weighted by Crippen LogP contribution is -2.61. The number of nitrogens with zero attached hydrogens (tertiary/aromatic N) is 3. The predicted molar refractivity (Wildman–Crippen MR) is 114 cm³/mol. The van der Waals surface area contributed by atoms with E-state index < -0.39 is 39.2 Å². The lowest BCUT2D eigenvalue weighted by molar-refractivity contribution is -0.141. The van der Waals surface area contributed by atoms with E-state index in [-0.39, 0.29) is 31.0 Å². The van der Waals surface area contributed by atoms with Crippen molar-refractivity contribution in [3.63, 3.8) is 0 Å². The van der Waals surface area contributed by atoms with Crippen LogP contribution in [0.25, 0.3) is 0 Å². The third kappa shape index (κ3) is 4.31. The maximum absolute atomic E-state index is 13.7. The van der Waals surface area contributed by atoms with Crippen molar-refractivity contribution in [1.82, 2.24) is 9.29 Å². The van der Waals surface area contributed by atoms with Gasteiger partial charge in [-0.1, -0.05) is 12.1 Å². The van der Waals surface area contributed by atoms with Crippen LogP contribution < -0.4 is 4.90 Å². The average molecular weight is 484 g/mol. The maximum Gasteiger partial charge on any atom is 0.417 e. The van der Waals surface area contributed by atoms with Gasteiger partial charge in [-0.15, -0.1) is 0 Å². The molecule has 2 aromatic rings. The highest BCUT2D eigenvalue weighted by atomic mass is 32.2. The average Bonchev–Trinajstić information content (AvgIpc) is 3.17. The van der Waals surface area contributed by atoms with Gasteiger partial charge in [0.05, 0.1) is 16.4 Å². The van der Waals surface area contributed by atoms with E-state index in [9.17, 15) is 31.5 Å². The summed E-state index contributed by atoms with van der Waals surface area (Å²) in [6.07, 6.45) is -3.24. The van der Waals surface area contributed by atoms with Crippen molar-refractivity contribution in [2.45, 2.75) is 43.3 Å². The number of carbonyl (C=O) groups is 1. The number of aromatic nitrogens is 1. The highest BCUT2D eigenvalue weighted by Crippen LogP contribution is 2.37. The minimum atomic E-state index is -4.48. The zero-order valence-corrected chi connectivity index (χ0v) is 18.9. The molecule has 1 N–H and O–H groups in total. The van der Waals surface area contributed by atoms with Crippen molar-refractivity contribution in [3.8, 4) is 0 Å². The summed E-state index contributed by atoms with van der Waals surface area (Å²) in [5.74, 6) is -1.25. The number of piperazine rings is 1. The van der Waals surface area contributed by atoms with Crippen molar-refractivity contribution >= 4 is 21.8 Å². The molecule has 1 aromatic carbocycles. The highest BCUT2D eigenvalue weighted by molar-refractivity contribution is 7.89. The summed E-state index contributed by atoms with van der Waals surface area (Å²) in [4.78, 5) is 17.3. The molecule has 0 radical (unpaired) electrons. The van der Waals surface area contributed by atoms with E-state index in [2.05, 4.69) is 4.98 Å². The highest BCUT2D eigenvalue weighted by Gasteiger charge is 2.44. The number of alkyl halides is 3. The third-order valence-electron chi connectivity index (χ3n) is 6.29. The number of carboxylic acids is 1. The molecule has 1 fully saturated rings. The molecule has 1 aromatic heterocycles. The molecule has 7 nitrogen and oxygen atoms in total. The van der Waals surface area contributed by atoms with E-state index in [1.165, 1.54) is 16.4 Å². The maximum atomic E-state index is 13.7. The minimum Gasteiger partial charge on any atom is -0.481 e. The summed E-state index contributed by atoms with van der Waals surface area (Å²) < 4.78 is 67.2. The summed E-state index contributed by atoms with van der Waals surface area (Å²) in [7, 11) is -3.93. The second-order valence-electron chi connectivity index (χ2n) is 9.05. The van der Waals surface area contributed by atoms with Crippen LogP contribution in [-0.2, 0) is 33.8 Å². The van der Waals surface area contributed by atoms with Gasteiger partial charge in [0.15, 0.2) is 0 Å². The molecule has 0 bridgehead atoms. The van der Waals surface area contributed by atoms with Gasteiger partial charge in [-0.2, -0.15) is 17.5 Å². The van der Waals surface area contributed by atoms with Crippen LogP contribution in [0, 0.1) is 5.92 Å². The number of rotatable bonds is 4. The number of sulfonamides is 1. The number of benzene rings is 1. The third-order valence-corrected chi connectivity index (χ3v) is 8.48. The number of halogens is 3. The van der Waals surface area contributed by atoms with Gasteiger partial charge in [-0.25, -0.2) is 13.4 Å².